The predicted octanol–water partition coefficient (Wildman–Crippen LogP) is -1.69. The van der Waals surface area contributed by atoms with E-state index in [2.05, 4.69) is 10.6 Å². The smallest absolute Gasteiger partial charge is 0.240 e. The van der Waals surface area contributed by atoms with E-state index in [1.807, 2.05) is 0 Å². The summed E-state index contributed by atoms with van der Waals surface area (Å²) < 4.78 is 0. The van der Waals surface area contributed by atoms with Crippen molar-refractivity contribution in [3.05, 3.63) is 0 Å². The fraction of sp³-hybridized carbons (Fsp3) is 0.667. The zero-order valence-electron chi connectivity index (χ0n) is 8.87. The van der Waals surface area contributed by atoms with Gasteiger partial charge in [0.1, 0.15) is 0 Å². The zero-order chi connectivity index (χ0) is 11.8. The summed E-state index contributed by atoms with van der Waals surface area (Å²) in [4.78, 5) is 32.3. The molecule has 0 fully saturated rings. The maximum atomic E-state index is 11.2. The molecular formula is C9H16N3O3. The molecule has 0 bridgehead atoms. The highest BCUT2D eigenvalue weighted by Gasteiger charge is 2.15. The highest BCUT2D eigenvalue weighted by molar-refractivity contribution is 5.86. The number of carbonyl (C=O) groups excluding carboxylic acids is 3. The quantitative estimate of drug-likeness (QED) is 0.491. The number of nitrogens with one attached hydrogen (secondary N) is 2. The Labute approximate surface area is 88.6 Å². The summed E-state index contributed by atoms with van der Waals surface area (Å²) in [6.45, 7) is 3.23. The Kier molecular flexibility index (Phi) is 6.28. The normalized spacial score (nSPS) is 12.0. The van der Waals surface area contributed by atoms with Gasteiger partial charge in [-0.05, 0) is 5.92 Å². The Hall–Kier alpha value is -1.43. The number of rotatable bonds is 6. The Bertz CT molecular complexity index is 241. The lowest BCUT2D eigenvalue weighted by atomic mass is 10.1. The van der Waals surface area contributed by atoms with E-state index in [1.165, 1.54) is 0 Å². The lowest BCUT2D eigenvalue weighted by Gasteiger charge is -2.15. The molecule has 6 heteroatoms. The van der Waals surface area contributed by atoms with Gasteiger partial charge in [-0.1, -0.05) is 13.8 Å². The molecule has 1 unspecified atom stereocenters. The van der Waals surface area contributed by atoms with Gasteiger partial charge in [0.05, 0.1) is 19.1 Å². The zero-order valence-corrected chi connectivity index (χ0v) is 8.87. The maximum Gasteiger partial charge on any atom is 0.240 e. The van der Waals surface area contributed by atoms with Crippen LogP contribution in [0.5, 0.6) is 0 Å². The minimum absolute atomic E-state index is 0.0309. The topological polar surface area (TPSA) is 101 Å². The van der Waals surface area contributed by atoms with Gasteiger partial charge in [-0.15, -0.1) is 0 Å². The molecular weight excluding hydrogens is 198 g/mol. The summed E-state index contributed by atoms with van der Waals surface area (Å²) in [5.74, 6) is -0.878. The molecule has 0 aromatic carbocycles. The fourth-order valence-electron chi connectivity index (χ4n) is 0.808. The van der Waals surface area contributed by atoms with Crippen LogP contribution in [0.25, 0.3) is 0 Å². The predicted molar refractivity (Wildman–Crippen MR) is 54.5 cm³/mol. The van der Waals surface area contributed by atoms with Gasteiger partial charge < -0.3 is 16.4 Å². The van der Waals surface area contributed by atoms with E-state index in [1.54, 1.807) is 20.1 Å². The van der Waals surface area contributed by atoms with Crippen molar-refractivity contribution in [3.63, 3.8) is 0 Å². The number of nitrogens with two attached hydrogens (primary N) is 1. The van der Waals surface area contributed by atoms with E-state index in [0.717, 1.165) is 0 Å². The molecule has 0 aromatic heterocycles. The van der Waals surface area contributed by atoms with Gasteiger partial charge in [0, 0.05) is 0 Å². The molecule has 0 rings (SSSR count). The number of amides is 2. The molecule has 0 aliphatic heterocycles. The molecule has 15 heavy (non-hydrogen) atoms. The van der Waals surface area contributed by atoms with E-state index >= 15 is 0 Å². The van der Waals surface area contributed by atoms with Crippen molar-refractivity contribution in [1.82, 2.24) is 10.6 Å². The van der Waals surface area contributed by atoms with Crippen LogP contribution in [0, 0.1) is 5.92 Å². The first-order chi connectivity index (χ1) is 7.01. The summed E-state index contributed by atoms with van der Waals surface area (Å²) >= 11 is 0. The van der Waals surface area contributed by atoms with Crippen LogP contribution in [0.3, 0.4) is 0 Å². The Morgan fingerprint density at radius 2 is 1.93 bits per heavy atom. The van der Waals surface area contributed by atoms with Crippen molar-refractivity contribution in [1.29, 1.82) is 0 Å². The largest absolute Gasteiger partial charge is 0.346 e. The molecule has 0 saturated carbocycles. The summed E-state index contributed by atoms with van der Waals surface area (Å²) in [6.07, 6.45) is 1.71. The van der Waals surface area contributed by atoms with Gasteiger partial charge >= 0.3 is 0 Å². The first-order valence-electron chi connectivity index (χ1n) is 4.65. The van der Waals surface area contributed by atoms with Gasteiger partial charge in [0.2, 0.25) is 18.1 Å². The third-order valence-corrected chi connectivity index (χ3v) is 1.74. The lowest BCUT2D eigenvalue weighted by Crippen LogP contribution is -2.45. The third-order valence-electron chi connectivity index (χ3n) is 1.74. The van der Waals surface area contributed by atoms with E-state index in [0.29, 0.717) is 0 Å². The van der Waals surface area contributed by atoms with Crippen molar-refractivity contribution < 1.29 is 14.4 Å². The maximum absolute atomic E-state index is 11.2. The number of carbonyl (C=O) groups is 2. The third kappa shape index (κ3) is 5.79. The van der Waals surface area contributed by atoms with E-state index in [-0.39, 0.29) is 19.0 Å². The Balaban J connectivity index is 3.91. The van der Waals surface area contributed by atoms with Crippen LogP contribution in [-0.2, 0) is 14.4 Å². The fourth-order valence-corrected chi connectivity index (χ4v) is 0.808. The molecule has 0 aromatic rings. The van der Waals surface area contributed by atoms with E-state index in [9.17, 15) is 14.4 Å². The van der Waals surface area contributed by atoms with E-state index < -0.39 is 17.9 Å². The number of hydrogen-bond donors (Lipinski definition) is 3. The monoisotopic (exact) mass is 214 g/mol. The average molecular weight is 214 g/mol. The van der Waals surface area contributed by atoms with Crippen molar-refractivity contribution in [2.24, 2.45) is 11.7 Å². The molecule has 0 spiro atoms. The molecule has 0 aliphatic rings. The van der Waals surface area contributed by atoms with Crippen LogP contribution >= 0.6 is 0 Å². The van der Waals surface area contributed by atoms with Gasteiger partial charge in [0.25, 0.3) is 0 Å². The Morgan fingerprint density at radius 1 is 1.33 bits per heavy atom. The standard InChI is InChI=1S/C9H16N3O3/c1-6(2)7(5-13)12-9(15)4-11-8(14)3-10/h6-7H,3-4,10H2,1-2H3,(H,11,14)(H,12,15). The average Bonchev–Trinajstić information content (AvgIpc) is 2.21. The van der Waals surface area contributed by atoms with Crippen molar-refractivity contribution in [2.75, 3.05) is 13.1 Å². The van der Waals surface area contributed by atoms with Gasteiger partial charge in [-0.3, -0.25) is 14.4 Å². The second-order valence-electron chi connectivity index (χ2n) is 3.39. The van der Waals surface area contributed by atoms with Crippen LogP contribution in [0.15, 0.2) is 0 Å². The van der Waals surface area contributed by atoms with Crippen molar-refractivity contribution in [2.45, 2.75) is 19.9 Å². The first-order valence-corrected chi connectivity index (χ1v) is 4.65. The molecule has 1 radical (unpaired) electrons. The van der Waals surface area contributed by atoms with Gasteiger partial charge in [0.15, 0.2) is 0 Å². The molecule has 4 N–H and O–H groups in total. The van der Waals surface area contributed by atoms with Crippen molar-refractivity contribution >= 4 is 18.1 Å². The molecule has 1 atom stereocenters. The van der Waals surface area contributed by atoms with Crippen LogP contribution in [0.4, 0.5) is 0 Å². The lowest BCUT2D eigenvalue weighted by molar-refractivity contribution is -0.125. The Morgan fingerprint density at radius 3 is 2.33 bits per heavy atom. The SMILES string of the molecule is CC(C)C([C]=O)NC(=O)CNC(=O)CN. The summed E-state index contributed by atoms with van der Waals surface area (Å²) in [5, 5.41) is 4.72. The second-order valence-corrected chi connectivity index (χ2v) is 3.39. The second kappa shape index (κ2) is 6.94. The summed E-state index contributed by atoms with van der Waals surface area (Å²) in [6, 6.07) is -0.646. The van der Waals surface area contributed by atoms with Crippen LogP contribution < -0.4 is 16.4 Å². The summed E-state index contributed by atoms with van der Waals surface area (Å²) in [5.41, 5.74) is 5.03. The number of hydrogen-bond acceptors (Lipinski definition) is 4. The highest BCUT2D eigenvalue weighted by Crippen LogP contribution is 1.97. The molecule has 0 heterocycles. The van der Waals surface area contributed by atoms with Crippen LogP contribution in [0.1, 0.15) is 13.8 Å². The highest BCUT2D eigenvalue weighted by atomic mass is 16.2. The van der Waals surface area contributed by atoms with Gasteiger partial charge in [-0.25, -0.2) is 0 Å². The molecule has 0 saturated heterocycles. The minimum atomic E-state index is -0.646. The van der Waals surface area contributed by atoms with E-state index in [4.69, 9.17) is 5.73 Å². The molecule has 0 aliphatic carbocycles. The van der Waals surface area contributed by atoms with Crippen molar-refractivity contribution in [3.8, 4) is 0 Å². The minimum Gasteiger partial charge on any atom is -0.346 e. The first kappa shape index (κ1) is 13.6. The summed E-state index contributed by atoms with van der Waals surface area (Å²) in [7, 11) is 0. The molecule has 2 amide bonds. The van der Waals surface area contributed by atoms with Crippen LogP contribution in [-0.4, -0.2) is 37.2 Å². The molecule has 85 valence electrons. The van der Waals surface area contributed by atoms with Crippen LogP contribution in [0.2, 0.25) is 0 Å². The molecule has 6 nitrogen and oxygen atoms in total. The van der Waals surface area contributed by atoms with Gasteiger partial charge in [-0.2, -0.15) is 0 Å².